The molecule has 1 aliphatic rings. The molecule has 0 amide bonds. The van der Waals surface area contributed by atoms with E-state index in [1.807, 2.05) is 12.1 Å². The van der Waals surface area contributed by atoms with Crippen LogP contribution in [-0.4, -0.2) is 16.2 Å². The van der Waals surface area contributed by atoms with Crippen LogP contribution < -0.4 is 0 Å². The lowest BCUT2D eigenvalue weighted by Crippen LogP contribution is -2.30. The number of carbonyl (C=O) groups is 1. The zero-order valence-electron chi connectivity index (χ0n) is 9.53. The van der Waals surface area contributed by atoms with Gasteiger partial charge in [0.2, 0.25) is 0 Å². The van der Waals surface area contributed by atoms with Crippen molar-refractivity contribution in [2.45, 2.75) is 32.6 Å². The number of aromatic hydroxyl groups is 1. The minimum atomic E-state index is -0.829. The minimum absolute atomic E-state index is 0.0961. The Balaban J connectivity index is 2.48. The molecule has 1 atom stereocenters. The van der Waals surface area contributed by atoms with Crippen molar-refractivity contribution in [1.82, 2.24) is 0 Å². The Kier molecular flexibility index (Phi) is 2.41. The molecule has 2 rings (SSSR count). The predicted octanol–water partition coefficient (Wildman–Crippen LogP) is 2.53. The maximum absolute atomic E-state index is 11.2. The van der Waals surface area contributed by atoms with Gasteiger partial charge in [-0.15, -0.1) is 0 Å². The lowest BCUT2D eigenvalue weighted by Gasteiger charge is -2.28. The van der Waals surface area contributed by atoms with Crippen molar-refractivity contribution in [2.24, 2.45) is 5.41 Å². The average molecular weight is 220 g/mol. The minimum Gasteiger partial charge on any atom is -0.508 e. The monoisotopic (exact) mass is 220 g/mol. The van der Waals surface area contributed by atoms with Gasteiger partial charge in [-0.3, -0.25) is 4.79 Å². The van der Waals surface area contributed by atoms with E-state index in [4.69, 9.17) is 0 Å². The van der Waals surface area contributed by atoms with Gasteiger partial charge in [0.05, 0.1) is 5.41 Å². The number of aryl methyl sites for hydroxylation is 1. The maximum atomic E-state index is 11.2. The van der Waals surface area contributed by atoms with Crippen molar-refractivity contribution in [3.8, 4) is 5.75 Å². The van der Waals surface area contributed by atoms with E-state index < -0.39 is 11.4 Å². The fourth-order valence-corrected chi connectivity index (χ4v) is 2.53. The van der Waals surface area contributed by atoms with Gasteiger partial charge >= 0.3 is 5.97 Å². The summed E-state index contributed by atoms with van der Waals surface area (Å²) in [5.74, 6) is -0.677. The number of carboxylic acids is 1. The van der Waals surface area contributed by atoms with Crippen LogP contribution in [0.2, 0.25) is 0 Å². The second-order valence-corrected chi connectivity index (χ2v) is 4.97. The Bertz CT molecular complexity index is 435. The average Bonchev–Trinajstić information content (AvgIpc) is 2.63. The second-order valence-electron chi connectivity index (χ2n) is 4.97. The van der Waals surface area contributed by atoms with Gasteiger partial charge in [-0.25, -0.2) is 0 Å². The van der Waals surface area contributed by atoms with E-state index in [1.54, 1.807) is 19.9 Å². The third-order valence-corrected chi connectivity index (χ3v) is 3.65. The Labute approximate surface area is 94.7 Å². The fraction of sp³-hybridized carbons (Fsp3) is 0.462. The van der Waals surface area contributed by atoms with Gasteiger partial charge in [-0.05, 0) is 38.3 Å². The normalized spacial score (nSPS) is 19.5. The number of fused-ring (bicyclic) bond motifs is 1. The number of rotatable bonds is 2. The lowest BCUT2D eigenvalue weighted by molar-refractivity contribution is -0.148. The van der Waals surface area contributed by atoms with Crippen molar-refractivity contribution in [1.29, 1.82) is 0 Å². The highest BCUT2D eigenvalue weighted by atomic mass is 16.4. The van der Waals surface area contributed by atoms with Gasteiger partial charge in [0.25, 0.3) is 0 Å². The maximum Gasteiger partial charge on any atom is 0.309 e. The number of hydrogen-bond acceptors (Lipinski definition) is 2. The Hall–Kier alpha value is -1.51. The molecule has 0 saturated heterocycles. The molecule has 0 saturated carbocycles. The third kappa shape index (κ3) is 1.47. The summed E-state index contributed by atoms with van der Waals surface area (Å²) in [6.45, 7) is 3.45. The quantitative estimate of drug-likeness (QED) is 0.805. The molecule has 1 aromatic carbocycles. The topological polar surface area (TPSA) is 57.5 Å². The molecule has 0 fully saturated rings. The van der Waals surface area contributed by atoms with Gasteiger partial charge in [0.15, 0.2) is 0 Å². The zero-order chi connectivity index (χ0) is 11.9. The van der Waals surface area contributed by atoms with Gasteiger partial charge in [0, 0.05) is 11.5 Å². The van der Waals surface area contributed by atoms with Crippen LogP contribution in [0.25, 0.3) is 0 Å². The molecular weight excluding hydrogens is 204 g/mol. The summed E-state index contributed by atoms with van der Waals surface area (Å²) in [7, 11) is 0. The highest BCUT2D eigenvalue weighted by molar-refractivity contribution is 5.76. The molecule has 3 heteroatoms. The number of phenols is 1. The molecule has 1 aliphatic carbocycles. The highest BCUT2D eigenvalue weighted by Crippen LogP contribution is 2.48. The first-order valence-electron chi connectivity index (χ1n) is 5.48. The van der Waals surface area contributed by atoms with E-state index in [-0.39, 0.29) is 11.7 Å². The molecule has 16 heavy (non-hydrogen) atoms. The third-order valence-electron chi connectivity index (χ3n) is 3.65. The number of phenolic OH excluding ortho intramolecular Hbond substituents is 1. The van der Waals surface area contributed by atoms with Crippen LogP contribution in [0, 0.1) is 5.41 Å². The molecule has 0 heterocycles. The number of aliphatic carboxylic acids is 1. The molecule has 3 nitrogen and oxygen atoms in total. The fourth-order valence-electron chi connectivity index (χ4n) is 2.53. The summed E-state index contributed by atoms with van der Waals surface area (Å²) in [6.07, 6.45) is 1.65. The molecule has 1 unspecified atom stereocenters. The second kappa shape index (κ2) is 3.51. The molecular formula is C13H16O3. The highest BCUT2D eigenvalue weighted by Gasteiger charge is 2.42. The van der Waals surface area contributed by atoms with Gasteiger partial charge < -0.3 is 10.2 Å². The summed E-state index contributed by atoms with van der Waals surface area (Å²) < 4.78 is 0. The van der Waals surface area contributed by atoms with Gasteiger partial charge in [0.1, 0.15) is 5.75 Å². The van der Waals surface area contributed by atoms with E-state index in [1.165, 1.54) is 0 Å². The summed E-state index contributed by atoms with van der Waals surface area (Å²) in [6, 6.07) is 5.41. The number of carboxylic acid groups (broad SMARTS) is 1. The zero-order valence-corrected chi connectivity index (χ0v) is 9.53. The standard InChI is InChI=1S/C13H16O3/c1-13(2,12(15)16)9-7-6-8-4-3-5-10(14)11(8)9/h3-5,9,14H,6-7H2,1-2H3,(H,15,16). The van der Waals surface area contributed by atoms with E-state index in [0.29, 0.717) is 0 Å². The van der Waals surface area contributed by atoms with Crippen LogP contribution in [0.3, 0.4) is 0 Å². The summed E-state index contributed by atoms with van der Waals surface area (Å²) >= 11 is 0. The van der Waals surface area contributed by atoms with Gasteiger partial charge in [-0.2, -0.15) is 0 Å². The Morgan fingerprint density at radius 1 is 1.44 bits per heavy atom. The van der Waals surface area contributed by atoms with E-state index in [2.05, 4.69) is 0 Å². The smallest absolute Gasteiger partial charge is 0.309 e. The van der Waals surface area contributed by atoms with Crippen LogP contribution >= 0.6 is 0 Å². The molecule has 86 valence electrons. The van der Waals surface area contributed by atoms with E-state index >= 15 is 0 Å². The van der Waals surface area contributed by atoms with Crippen LogP contribution in [0.1, 0.15) is 37.3 Å². The van der Waals surface area contributed by atoms with Crippen LogP contribution in [0.4, 0.5) is 0 Å². The first-order chi connectivity index (χ1) is 7.44. The molecule has 0 radical (unpaired) electrons. The van der Waals surface area contributed by atoms with Crippen molar-refractivity contribution in [2.75, 3.05) is 0 Å². The summed E-state index contributed by atoms with van der Waals surface area (Å²) in [4.78, 5) is 11.2. The number of hydrogen-bond donors (Lipinski definition) is 2. The van der Waals surface area contributed by atoms with Crippen molar-refractivity contribution in [3.63, 3.8) is 0 Å². The Morgan fingerprint density at radius 3 is 2.75 bits per heavy atom. The van der Waals surface area contributed by atoms with Crippen molar-refractivity contribution >= 4 is 5.97 Å². The first-order valence-corrected chi connectivity index (χ1v) is 5.48. The largest absolute Gasteiger partial charge is 0.508 e. The van der Waals surface area contributed by atoms with Crippen molar-refractivity contribution in [3.05, 3.63) is 29.3 Å². The van der Waals surface area contributed by atoms with Crippen LogP contribution in [-0.2, 0) is 11.2 Å². The van der Waals surface area contributed by atoms with E-state index in [0.717, 1.165) is 24.0 Å². The molecule has 0 bridgehead atoms. The molecule has 0 spiro atoms. The first kappa shape index (κ1) is 11.0. The summed E-state index contributed by atoms with van der Waals surface area (Å²) in [5.41, 5.74) is 1.08. The molecule has 0 aromatic heterocycles. The Morgan fingerprint density at radius 2 is 2.12 bits per heavy atom. The van der Waals surface area contributed by atoms with Gasteiger partial charge in [-0.1, -0.05) is 12.1 Å². The van der Waals surface area contributed by atoms with Crippen LogP contribution in [0.5, 0.6) is 5.75 Å². The molecule has 1 aromatic rings. The SMILES string of the molecule is CC(C)(C(=O)O)C1CCc2cccc(O)c21. The lowest BCUT2D eigenvalue weighted by atomic mass is 9.75. The number of benzene rings is 1. The summed E-state index contributed by atoms with van der Waals surface area (Å²) in [5, 5.41) is 19.1. The van der Waals surface area contributed by atoms with Crippen LogP contribution in [0.15, 0.2) is 18.2 Å². The molecule has 2 N–H and O–H groups in total. The van der Waals surface area contributed by atoms with Crippen molar-refractivity contribution < 1.29 is 15.0 Å². The predicted molar refractivity (Wildman–Crippen MR) is 60.6 cm³/mol. The van der Waals surface area contributed by atoms with E-state index in [9.17, 15) is 15.0 Å². The molecule has 0 aliphatic heterocycles.